The zero-order chi connectivity index (χ0) is 17.3. The quantitative estimate of drug-likeness (QED) is 0.176. The van der Waals surface area contributed by atoms with Crippen molar-refractivity contribution in [1.82, 2.24) is 5.32 Å². The Labute approximate surface area is 130 Å². The molecule has 0 aromatic heterocycles. The molecule has 0 rings (SSSR count). The van der Waals surface area contributed by atoms with E-state index in [-0.39, 0.29) is 24.2 Å². The predicted molar refractivity (Wildman–Crippen MR) is 85.0 cm³/mol. The Kier molecular flexibility index (Phi) is 9.00. The molecule has 0 aromatic rings. The van der Waals surface area contributed by atoms with Gasteiger partial charge < -0.3 is 22.5 Å². The Hall–Kier alpha value is -1.96. The summed E-state index contributed by atoms with van der Waals surface area (Å²) >= 11 is 0. The number of carbonyl (C=O) groups excluding carboxylic acids is 3. The molecule has 0 heterocycles. The fraction of sp³-hybridized carbons (Fsp3) is 0.714. The average Bonchev–Trinajstić information content (AvgIpc) is 2.39. The van der Waals surface area contributed by atoms with Gasteiger partial charge in [0.2, 0.25) is 17.5 Å². The lowest BCUT2D eigenvalue weighted by Crippen LogP contribution is -2.48. The number of nitrogens with zero attached hydrogens (tertiary/aromatic N) is 1. The summed E-state index contributed by atoms with van der Waals surface area (Å²) in [4.78, 5) is 39.2. The van der Waals surface area contributed by atoms with Crippen molar-refractivity contribution in [3.8, 4) is 0 Å². The van der Waals surface area contributed by atoms with Crippen LogP contribution in [0.4, 0.5) is 0 Å². The number of nitrogens with two attached hydrogens (primary N) is 3. The summed E-state index contributed by atoms with van der Waals surface area (Å²) in [5.74, 6) is -1.56. The lowest BCUT2D eigenvalue weighted by molar-refractivity contribution is -0.139. The summed E-state index contributed by atoms with van der Waals surface area (Å²) in [6, 6.07) is -1.74. The highest BCUT2D eigenvalue weighted by atomic mass is 16.2. The predicted octanol–water partition coefficient (Wildman–Crippen LogP) is -0.944. The van der Waals surface area contributed by atoms with Crippen molar-refractivity contribution in [2.24, 2.45) is 28.1 Å². The summed E-state index contributed by atoms with van der Waals surface area (Å²) in [5.41, 5.74) is 16.2. The van der Waals surface area contributed by atoms with Gasteiger partial charge in [-0.25, -0.2) is 0 Å². The fourth-order valence-electron chi connectivity index (χ4n) is 1.99. The third kappa shape index (κ3) is 8.35. The number of nitrogens with one attached hydrogen (secondary N) is 1. The minimum absolute atomic E-state index is 0.0440. The van der Waals surface area contributed by atoms with Gasteiger partial charge in [0.15, 0.2) is 5.96 Å². The van der Waals surface area contributed by atoms with E-state index in [0.29, 0.717) is 19.4 Å². The maximum atomic E-state index is 12.2. The molecule has 0 fully saturated rings. The molecule has 7 N–H and O–H groups in total. The van der Waals surface area contributed by atoms with E-state index in [2.05, 4.69) is 10.3 Å². The van der Waals surface area contributed by atoms with Crippen LogP contribution in [0.1, 0.15) is 40.0 Å². The van der Waals surface area contributed by atoms with Crippen LogP contribution < -0.4 is 22.5 Å². The summed E-state index contributed by atoms with van der Waals surface area (Å²) in [7, 11) is 0. The maximum absolute atomic E-state index is 12.2. The summed E-state index contributed by atoms with van der Waals surface area (Å²) in [6.07, 6.45) is 1.15. The van der Waals surface area contributed by atoms with E-state index in [1.165, 1.54) is 6.92 Å². The smallest absolute Gasteiger partial charge is 0.222 e. The van der Waals surface area contributed by atoms with Gasteiger partial charge in [-0.15, -0.1) is 0 Å². The molecular formula is C14H27N5O3. The standard InChI is InChI=1S/C14H27N5O3/c1-8(2)7-10(15)12(21)13(22)11(19-9(3)20)5-4-6-18-14(16)17/h8,10-11H,4-7,15H2,1-3H3,(H,19,20)(H4,16,17,18)/t10-,11?/m0/s1. The fourth-order valence-corrected chi connectivity index (χ4v) is 1.99. The molecule has 22 heavy (non-hydrogen) atoms. The van der Waals surface area contributed by atoms with Crippen LogP contribution in [0, 0.1) is 5.92 Å². The van der Waals surface area contributed by atoms with Crippen molar-refractivity contribution in [3.63, 3.8) is 0 Å². The van der Waals surface area contributed by atoms with Gasteiger partial charge in [-0.2, -0.15) is 0 Å². The van der Waals surface area contributed by atoms with Gasteiger partial charge in [-0.1, -0.05) is 13.8 Å². The highest BCUT2D eigenvalue weighted by Crippen LogP contribution is 2.07. The molecule has 0 aromatic carbocycles. The number of carbonyl (C=O) groups is 3. The normalized spacial score (nSPS) is 13.3. The van der Waals surface area contributed by atoms with Crippen molar-refractivity contribution in [2.45, 2.75) is 52.1 Å². The number of hydrogen-bond acceptors (Lipinski definition) is 5. The Morgan fingerprint density at radius 3 is 2.18 bits per heavy atom. The average molecular weight is 313 g/mol. The van der Waals surface area contributed by atoms with Crippen LogP contribution in [0.15, 0.2) is 4.99 Å². The van der Waals surface area contributed by atoms with E-state index in [0.717, 1.165) is 0 Å². The minimum Gasteiger partial charge on any atom is -0.370 e. The Morgan fingerprint density at radius 1 is 1.14 bits per heavy atom. The highest BCUT2D eigenvalue weighted by molar-refractivity contribution is 6.41. The number of aliphatic imine (C=N–C) groups is 1. The molecular weight excluding hydrogens is 286 g/mol. The third-order valence-corrected chi connectivity index (χ3v) is 2.94. The second-order valence-corrected chi connectivity index (χ2v) is 5.67. The lowest BCUT2D eigenvalue weighted by Gasteiger charge is -2.18. The topological polar surface area (TPSA) is 154 Å². The van der Waals surface area contributed by atoms with E-state index >= 15 is 0 Å². The van der Waals surface area contributed by atoms with E-state index < -0.39 is 23.7 Å². The zero-order valence-electron chi connectivity index (χ0n) is 13.5. The molecule has 2 atom stereocenters. The molecule has 1 unspecified atom stereocenters. The molecule has 0 aliphatic carbocycles. The Bertz CT molecular complexity index is 430. The lowest BCUT2D eigenvalue weighted by atomic mass is 9.94. The number of Topliss-reactive ketones (excluding diaryl/α,β-unsaturated/α-hetero) is 2. The first kappa shape index (κ1) is 20.0. The second kappa shape index (κ2) is 9.88. The van der Waals surface area contributed by atoms with Gasteiger partial charge in [0, 0.05) is 13.5 Å². The summed E-state index contributed by atoms with van der Waals surface area (Å²) in [5, 5.41) is 2.48. The van der Waals surface area contributed by atoms with E-state index in [1.54, 1.807) is 0 Å². The van der Waals surface area contributed by atoms with Gasteiger partial charge in [0.1, 0.15) is 0 Å². The highest BCUT2D eigenvalue weighted by Gasteiger charge is 2.29. The molecule has 0 aliphatic rings. The van der Waals surface area contributed by atoms with Crippen LogP contribution in [-0.2, 0) is 14.4 Å². The summed E-state index contributed by atoms with van der Waals surface area (Å²) in [6.45, 7) is 5.43. The molecule has 8 heteroatoms. The van der Waals surface area contributed by atoms with Crippen LogP contribution in [0.25, 0.3) is 0 Å². The van der Waals surface area contributed by atoms with Crippen molar-refractivity contribution in [1.29, 1.82) is 0 Å². The van der Waals surface area contributed by atoms with Crippen molar-refractivity contribution in [2.75, 3.05) is 6.54 Å². The SMILES string of the molecule is CC(=O)NC(CCCN=C(N)N)C(=O)C(=O)[C@@H](N)CC(C)C. The number of rotatable bonds is 10. The number of hydrogen-bond donors (Lipinski definition) is 4. The van der Waals surface area contributed by atoms with Crippen LogP contribution in [0.5, 0.6) is 0 Å². The van der Waals surface area contributed by atoms with Crippen LogP contribution in [-0.4, -0.2) is 42.1 Å². The molecule has 126 valence electrons. The molecule has 0 radical (unpaired) electrons. The minimum atomic E-state index is -0.891. The van der Waals surface area contributed by atoms with E-state index in [1.807, 2.05) is 13.8 Å². The van der Waals surface area contributed by atoms with E-state index in [4.69, 9.17) is 17.2 Å². The number of amides is 1. The molecule has 0 saturated heterocycles. The molecule has 0 aliphatic heterocycles. The monoisotopic (exact) mass is 313 g/mol. The summed E-state index contributed by atoms with van der Waals surface area (Å²) < 4.78 is 0. The molecule has 0 saturated carbocycles. The van der Waals surface area contributed by atoms with Gasteiger partial charge in [-0.05, 0) is 25.2 Å². The van der Waals surface area contributed by atoms with Crippen LogP contribution >= 0.6 is 0 Å². The van der Waals surface area contributed by atoms with Gasteiger partial charge >= 0.3 is 0 Å². The van der Waals surface area contributed by atoms with Crippen molar-refractivity contribution < 1.29 is 14.4 Å². The Balaban J connectivity index is 4.72. The molecule has 1 amide bonds. The maximum Gasteiger partial charge on any atom is 0.222 e. The van der Waals surface area contributed by atoms with Crippen molar-refractivity contribution >= 4 is 23.4 Å². The second-order valence-electron chi connectivity index (χ2n) is 5.67. The van der Waals surface area contributed by atoms with Gasteiger partial charge in [0.25, 0.3) is 0 Å². The van der Waals surface area contributed by atoms with Crippen LogP contribution in [0.3, 0.4) is 0 Å². The number of ketones is 2. The first-order valence-corrected chi connectivity index (χ1v) is 7.31. The van der Waals surface area contributed by atoms with Crippen LogP contribution in [0.2, 0.25) is 0 Å². The van der Waals surface area contributed by atoms with E-state index in [9.17, 15) is 14.4 Å². The molecule has 0 spiro atoms. The number of guanidine groups is 1. The van der Waals surface area contributed by atoms with Gasteiger partial charge in [0.05, 0.1) is 12.1 Å². The zero-order valence-corrected chi connectivity index (χ0v) is 13.5. The van der Waals surface area contributed by atoms with Gasteiger partial charge in [-0.3, -0.25) is 19.4 Å². The molecule has 8 nitrogen and oxygen atoms in total. The van der Waals surface area contributed by atoms with Crippen molar-refractivity contribution in [3.05, 3.63) is 0 Å². The first-order chi connectivity index (χ1) is 10.1. The Morgan fingerprint density at radius 2 is 1.73 bits per heavy atom. The largest absolute Gasteiger partial charge is 0.370 e. The first-order valence-electron chi connectivity index (χ1n) is 7.31. The molecule has 0 bridgehead atoms. The third-order valence-electron chi connectivity index (χ3n) is 2.94.